The number of rotatable bonds is 6. The quantitative estimate of drug-likeness (QED) is 0.739. The third-order valence-electron chi connectivity index (χ3n) is 2.24. The number of ether oxygens (including phenoxy) is 1. The smallest absolute Gasteiger partial charge is 0.407 e. The van der Waals surface area contributed by atoms with E-state index in [1.807, 2.05) is 13.8 Å². The predicted octanol–water partition coefficient (Wildman–Crippen LogP) is 1.21. The minimum absolute atomic E-state index is 0.214. The van der Waals surface area contributed by atoms with E-state index in [1.54, 1.807) is 20.8 Å². The minimum Gasteiger partial charge on any atom is -0.444 e. The van der Waals surface area contributed by atoms with Crippen LogP contribution in [0.15, 0.2) is 0 Å². The van der Waals surface area contributed by atoms with Crippen LogP contribution in [-0.4, -0.2) is 54.0 Å². The Morgan fingerprint density at radius 3 is 2.29 bits per heavy atom. The van der Waals surface area contributed by atoms with Crippen molar-refractivity contribution in [2.24, 2.45) is 0 Å². The summed E-state index contributed by atoms with van der Waals surface area (Å²) in [4.78, 5) is 13.4. The number of alkyl carbamates (subject to hydrolysis) is 1. The maximum absolute atomic E-state index is 11.3. The number of hydrogen-bond acceptors (Lipinski definition) is 4. The maximum Gasteiger partial charge on any atom is 0.407 e. The molecule has 1 atom stereocenters. The third kappa shape index (κ3) is 8.94. The Labute approximate surface area is 104 Å². The van der Waals surface area contributed by atoms with Crippen molar-refractivity contribution in [3.05, 3.63) is 0 Å². The van der Waals surface area contributed by atoms with Gasteiger partial charge in [0.15, 0.2) is 0 Å². The Balaban J connectivity index is 3.84. The van der Waals surface area contributed by atoms with Gasteiger partial charge in [0.25, 0.3) is 0 Å². The van der Waals surface area contributed by atoms with E-state index in [9.17, 15) is 9.90 Å². The second-order valence-corrected chi connectivity index (χ2v) is 5.02. The first-order chi connectivity index (χ1) is 7.78. The van der Waals surface area contributed by atoms with Crippen molar-refractivity contribution >= 4 is 6.09 Å². The standard InChI is InChI=1S/C12H26N2O3/c1-6-14(7-2)9-10(15)8-13-11(16)17-12(3,4)5/h10,15H,6-9H2,1-5H3,(H,13,16). The highest BCUT2D eigenvalue weighted by molar-refractivity contribution is 5.67. The minimum atomic E-state index is -0.567. The largest absolute Gasteiger partial charge is 0.444 e. The van der Waals surface area contributed by atoms with E-state index in [4.69, 9.17) is 4.74 Å². The SMILES string of the molecule is CCN(CC)CC(O)CNC(=O)OC(C)(C)C. The van der Waals surface area contributed by atoms with Gasteiger partial charge >= 0.3 is 6.09 Å². The molecule has 0 rings (SSSR count). The number of carbonyl (C=O) groups is 1. The second kappa shape index (κ2) is 7.50. The van der Waals surface area contributed by atoms with Gasteiger partial charge in [-0.05, 0) is 33.9 Å². The molecule has 1 unspecified atom stereocenters. The van der Waals surface area contributed by atoms with Crippen molar-refractivity contribution < 1.29 is 14.6 Å². The van der Waals surface area contributed by atoms with Crippen molar-refractivity contribution in [1.29, 1.82) is 0 Å². The first-order valence-electron chi connectivity index (χ1n) is 6.15. The number of nitrogens with one attached hydrogen (secondary N) is 1. The Morgan fingerprint density at radius 2 is 1.88 bits per heavy atom. The number of carbonyl (C=O) groups excluding carboxylic acids is 1. The van der Waals surface area contributed by atoms with Crippen LogP contribution in [-0.2, 0) is 4.74 Å². The fourth-order valence-electron chi connectivity index (χ4n) is 1.36. The summed E-state index contributed by atoms with van der Waals surface area (Å²) in [6.07, 6.45) is -1.06. The summed E-state index contributed by atoms with van der Waals surface area (Å²) in [7, 11) is 0. The average molecular weight is 246 g/mol. The summed E-state index contributed by atoms with van der Waals surface area (Å²) < 4.78 is 5.07. The number of hydrogen-bond donors (Lipinski definition) is 2. The summed E-state index contributed by atoms with van der Waals surface area (Å²) in [6.45, 7) is 12.0. The van der Waals surface area contributed by atoms with E-state index in [2.05, 4.69) is 10.2 Å². The normalized spacial score (nSPS) is 13.6. The van der Waals surface area contributed by atoms with Crippen LogP contribution in [0.3, 0.4) is 0 Å². The predicted molar refractivity (Wildman–Crippen MR) is 68.0 cm³/mol. The van der Waals surface area contributed by atoms with Crippen molar-refractivity contribution in [3.8, 4) is 0 Å². The fourth-order valence-corrected chi connectivity index (χ4v) is 1.36. The van der Waals surface area contributed by atoms with Gasteiger partial charge in [-0.1, -0.05) is 13.8 Å². The highest BCUT2D eigenvalue weighted by atomic mass is 16.6. The Hall–Kier alpha value is -0.810. The van der Waals surface area contributed by atoms with Gasteiger partial charge in [0.1, 0.15) is 5.60 Å². The lowest BCUT2D eigenvalue weighted by Crippen LogP contribution is -2.41. The first-order valence-corrected chi connectivity index (χ1v) is 6.15. The Morgan fingerprint density at radius 1 is 1.35 bits per heavy atom. The maximum atomic E-state index is 11.3. The highest BCUT2D eigenvalue weighted by Gasteiger charge is 2.17. The molecule has 0 aliphatic heterocycles. The molecule has 1 amide bonds. The molecule has 0 bridgehead atoms. The van der Waals surface area contributed by atoms with Gasteiger partial charge in [-0.3, -0.25) is 0 Å². The molecular weight excluding hydrogens is 220 g/mol. The molecule has 0 saturated heterocycles. The van der Waals surface area contributed by atoms with Gasteiger partial charge in [0.05, 0.1) is 6.10 Å². The molecule has 0 radical (unpaired) electrons. The second-order valence-electron chi connectivity index (χ2n) is 5.02. The van der Waals surface area contributed by atoms with Gasteiger partial charge in [0, 0.05) is 13.1 Å². The molecule has 102 valence electrons. The lowest BCUT2D eigenvalue weighted by atomic mass is 10.2. The molecule has 0 aromatic rings. The topological polar surface area (TPSA) is 61.8 Å². The Bertz CT molecular complexity index is 222. The molecule has 0 heterocycles. The zero-order valence-electron chi connectivity index (χ0n) is 11.6. The van der Waals surface area contributed by atoms with Crippen LogP contribution < -0.4 is 5.32 Å². The van der Waals surface area contributed by atoms with Gasteiger partial charge in [-0.25, -0.2) is 4.79 Å². The van der Waals surface area contributed by atoms with Crippen molar-refractivity contribution in [2.45, 2.75) is 46.3 Å². The average Bonchev–Trinajstić information content (AvgIpc) is 2.20. The van der Waals surface area contributed by atoms with E-state index >= 15 is 0 Å². The molecule has 2 N–H and O–H groups in total. The molecule has 0 aliphatic carbocycles. The molecule has 0 saturated carbocycles. The summed E-state index contributed by atoms with van der Waals surface area (Å²) in [5.41, 5.74) is -0.506. The summed E-state index contributed by atoms with van der Waals surface area (Å²) in [5.74, 6) is 0. The van der Waals surface area contributed by atoms with Crippen LogP contribution >= 0.6 is 0 Å². The lowest BCUT2D eigenvalue weighted by molar-refractivity contribution is 0.0472. The summed E-state index contributed by atoms with van der Waals surface area (Å²) in [6, 6.07) is 0. The number of likely N-dealkylation sites (N-methyl/N-ethyl adjacent to an activating group) is 1. The molecule has 17 heavy (non-hydrogen) atoms. The molecule has 5 nitrogen and oxygen atoms in total. The van der Waals surface area contributed by atoms with Crippen LogP contribution in [0.5, 0.6) is 0 Å². The van der Waals surface area contributed by atoms with E-state index < -0.39 is 17.8 Å². The molecule has 0 aliphatic rings. The van der Waals surface area contributed by atoms with Gasteiger partial charge in [-0.15, -0.1) is 0 Å². The molecule has 5 heteroatoms. The zero-order valence-corrected chi connectivity index (χ0v) is 11.6. The third-order valence-corrected chi connectivity index (χ3v) is 2.24. The molecular formula is C12H26N2O3. The summed E-state index contributed by atoms with van der Waals surface area (Å²) in [5, 5.41) is 12.3. The molecule has 0 fully saturated rings. The lowest BCUT2D eigenvalue weighted by Gasteiger charge is -2.23. The number of aliphatic hydroxyl groups is 1. The number of amides is 1. The molecule has 0 aromatic heterocycles. The van der Waals surface area contributed by atoms with E-state index in [0.29, 0.717) is 6.54 Å². The van der Waals surface area contributed by atoms with Gasteiger partial charge in [-0.2, -0.15) is 0 Å². The van der Waals surface area contributed by atoms with E-state index in [1.165, 1.54) is 0 Å². The van der Waals surface area contributed by atoms with Gasteiger partial charge in [0.2, 0.25) is 0 Å². The van der Waals surface area contributed by atoms with Crippen LogP contribution in [0.25, 0.3) is 0 Å². The first kappa shape index (κ1) is 16.2. The monoisotopic (exact) mass is 246 g/mol. The number of nitrogens with zero attached hydrogens (tertiary/aromatic N) is 1. The summed E-state index contributed by atoms with van der Waals surface area (Å²) >= 11 is 0. The Kier molecular flexibility index (Phi) is 7.15. The van der Waals surface area contributed by atoms with Crippen molar-refractivity contribution in [3.63, 3.8) is 0 Å². The van der Waals surface area contributed by atoms with Crippen molar-refractivity contribution in [1.82, 2.24) is 10.2 Å². The molecule has 0 aromatic carbocycles. The highest BCUT2D eigenvalue weighted by Crippen LogP contribution is 2.06. The number of aliphatic hydroxyl groups excluding tert-OH is 1. The van der Waals surface area contributed by atoms with Crippen LogP contribution in [0, 0.1) is 0 Å². The van der Waals surface area contributed by atoms with Gasteiger partial charge < -0.3 is 20.1 Å². The van der Waals surface area contributed by atoms with Crippen LogP contribution in [0.4, 0.5) is 4.79 Å². The molecule has 0 spiro atoms. The van der Waals surface area contributed by atoms with Crippen molar-refractivity contribution in [2.75, 3.05) is 26.2 Å². The zero-order chi connectivity index (χ0) is 13.5. The fraction of sp³-hybridized carbons (Fsp3) is 0.917. The van der Waals surface area contributed by atoms with E-state index in [-0.39, 0.29) is 6.54 Å². The van der Waals surface area contributed by atoms with Crippen LogP contribution in [0.1, 0.15) is 34.6 Å². The van der Waals surface area contributed by atoms with Crippen LogP contribution in [0.2, 0.25) is 0 Å². The van der Waals surface area contributed by atoms with E-state index in [0.717, 1.165) is 13.1 Å².